The summed E-state index contributed by atoms with van der Waals surface area (Å²) >= 11 is 0. The molecule has 2 aliphatic rings. The highest BCUT2D eigenvalue weighted by molar-refractivity contribution is 5.94. The molecule has 1 saturated heterocycles. The molecule has 5 nitrogen and oxygen atoms in total. The molecule has 3 rings (SSSR count). The minimum atomic E-state index is -0.142. The van der Waals surface area contributed by atoms with E-state index in [2.05, 4.69) is 10.2 Å². The van der Waals surface area contributed by atoms with Crippen LogP contribution < -0.4 is 11.1 Å². The van der Waals surface area contributed by atoms with Crippen molar-refractivity contribution in [3.63, 3.8) is 0 Å². The molecule has 1 aliphatic carbocycles. The third-order valence-electron chi connectivity index (χ3n) is 4.58. The Kier molecular flexibility index (Phi) is 4.12. The topological polar surface area (TPSA) is 67.6 Å². The highest BCUT2D eigenvalue weighted by Gasteiger charge is 2.39. The van der Waals surface area contributed by atoms with E-state index in [0.29, 0.717) is 17.8 Å². The first-order valence-corrected chi connectivity index (χ1v) is 7.69. The van der Waals surface area contributed by atoms with Crippen LogP contribution in [0.5, 0.6) is 0 Å². The number of amides is 1. The van der Waals surface area contributed by atoms with Crippen LogP contribution in [0.2, 0.25) is 0 Å². The van der Waals surface area contributed by atoms with Gasteiger partial charge in [-0.1, -0.05) is 0 Å². The van der Waals surface area contributed by atoms with Crippen molar-refractivity contribution >= 4 is 17.3 Å². The molecule has 114 valence electrons. The van der Waals surface area contributed by atoms with Crippen LogP contribution in [0.1, 0.15) is 26.2 Å². The Morgan fingerprint density at radius 2 is 2.14 bits per heavy atom. The van der Waals surface area contributed by atoms with E-state index in [-0.39, 0.29) is 11.9 Å². The normalized spacial score (nSPS) is 27.1. The van der Waals surface area contributed by atoms with Crippen LogP contribution in [0, 0.1) is 0 Å². The van der Waals surface area contributed by atoms with Gasteiger partial charge in [0.25, 0.3) is 0 Å². The molecule has 0 radical (unpaired) electrons. The number of rotatable bonds is 3. The number of carbonyl (C=O) groups is 1. The molecule has 3 N–H and O–H groups in total. The second-order valence-electron chi connectivity index (χ2n) is 5.93. The molecule has 0 aromatic heterocycles. The van der Waals surface area contributed by atoms with Crippen LogP contribution in [0.15, 0.2) is 24.3 Å². The van der Waals surface area contributed by atoms with Crippen LogP contribution >= 0.6 is 0 Å². The van der Waals surface area contributed by atoms with Crippen LogP contribution in [-0.4, -0.2) is 42.1 Å². The number of hydrogen-bond acceptors (Lipinski definition) is 4. The number of nitrogen functional groups attached to an aromatic ring is 1. The molecule has 1 aliphatic heterocycles. The first kappa shape index (κ1) is 14.4. The van der Waals surface area contributed by atoms with Crippen molar-refractivity contribution in [1.29, 1.82) is 0 Å². The first-order valence-electron chi connectivity index (χ1n) is 7.69. The van der Waals surface area contributed by atoms with Gasteiger partial charge < -0.3 is 15.8 Å². The third-order valence-corrected chi connectivity index (χ3v) is 4.58. The van der Waals surface area contributed by atoms with Gasteiger partial charge in [-0.2, -0.15) is 0 Å². The van der Waals surface area contributed by atoms with Crippen molar-refractivity contribution in [1.82, 2.24) is 4.90 Å². The van der Waals surface area contributed by atoms with Crippen molar-refractivity contribution < 1.29 is 9.53 Å². The van der Waals surface area contributed by atoms with Crippen molar-refractivity contribution in [2.45, 2.75) is 44.4 Å². The fourth-order valence-electron chi connectivity index (χ4n) is 3.40. The molecule has 3 atom stereocenters. The quantitative estimate of drug-likeness (QED) is 0.833. The molecule has 5 heteroatoms. The van der Waals surface area contributed by atoms with E-state index in [0.717, 1.165) is 31.7 Å². The molecule has 1 aromatic carbocycles. The molecule has 3 unspecified atom stereocenters. The lowest BCUT2D eigenvalue weighted by atomic mass is 10.1. The van der Waals surface area contributed by atoms with Gasteiger partial charge in [0.05, 0.1) is 18.8 Å². The van der Waals surface area contributed by atoms with Crippen LogP contribution in [-0.2, 0) is 9.53 Å². The minimum absolute atomic E-state index is 0.0346. The van der Waals surface area contributed by atoms with E-state index < -0.39 is 0 Å². The lowest BCUT2D eigenvalue weighted by Crippen LogP contribution is -2.55. The van der Waals surface area contributed by atoms with Gasteiger partial charge in [-0.05, 0) is 50.5 Å². The van der Waals surface area contributed by atoms with Crippen molar-refractivity contribution in [3.05, 3.63) is 24.3 Å². The summed E-state index contributed by atoms with van der Waals surface area (Å²) in [4.78, 5) is 14.8. The molecule has 1 heterocycles. The maximum absolute atomic E-state index is 12.5. The SMILES string of the molecule is CC(C(=O)Nc1ccc(N)cc1)N1CCOC2CCCC21. The van der Waals surface area contributed by atoms with Crippen molar-refractivity contribution in [2.24, 2.45) is 0 Å². The molecule has 2 fully saturated rings. The summed E-state index contributed by atoms with van der Waals surface area (Å²) in [5.74, 6) is 0.0346. The van der Waals surface area contributed by atoms with Crippen LogP contribution in [0.3, 0.4) is 0 Å². The summed E-state index contributed by atoms with van der Waals surface area (Å²) in [5.41, 5.74) is 7.14. The number of nitrogens with zero attached hydrogens (tertiary/aromatic N) is 1. The Balaban J connectivity index is 1.65. The molecule has 0 bridgehead atoms. The van der Waals surface area contributed by atoms with Gasteiger partial charge in [0.15, 0.2) is 0 Å². The average molecular weight is 289 g/mol. The maximum atomic E-state index is 12.5. The lowest BCUT2D eigenvalue weighted by Gasteiger charge is -2.40. The molecular formula is C16H23N3O2. The van der Waals surface area contributed by atoms with Gasteiger partial charge in [0.2, 0.25) is 5.91 Å². The number of hydrogen-bond donors (Lipinski definition) is 2. The monoisotopic (exact) mass is 289 g/mol. The van der Waals surface area contributed by atoms with E-state index in [4.69, 9.17) is 10.5 Å². The third kappa shape index (κ3) is 3.04. The fourth-order valence-corrected chi connectivity index (χ4v) is 3.40. The Morgan fingerprint density at radius 1 is 1.38 bits per heavy atom. The van der Waals surface area contributed by atoms with Gasteiger partial charge in [-0.25, -0.2) is 0 Å². The average Bonchev–Trinajstić information content (AvgIpc) is 2.97. The summed E-state index contributed by atoms with van der Waals surface area (Å²) in [6.45, 7) is 3.53. The largest absolute Gasteiger partial charge is 0.399 e. The number of anilines is 2. The number of carbonyl (C=O) groups excluding carboxylic acids is 1. The van der Waals surface area contributed by atoms with E-state index in [1.165, 1.54) is 6.42 Å². The second-order valence-corrected chi connectivity index (χ2v) is 5.93. The molecule has 1 amide bonds. The number of nitrogens with one attached hydrogen (secondary N) is 1. The first-order chi connectivity index (χ1) is 10.1. The summed E-state index contributed by atoms with van der Waals surface area (Å²) in [6.07, 6.45) is 3.75. The zero-order valence-corrected chi connectivity index (χ0v) is 12.4. The number of ether oxygens (including phenoxy) is 1. The Hall–Kier alpha value is -1.59. The Labute approximate surface area is 125 Å². The molecule has 1 aromatic rings. The van der Waals surface area contributed by atoms with Gasteiger partial charge >= 0.3 is 0 Å². The zero-order chi connectivity index (χ0) is 14.8. The molecule has 1 saturated carbocycles. The Bertz CT molecular complexity index is 503. The summed E-state index contributed by atoms with van der Waals surface area (Å²) < 4.78 is 5.81. The zero-order valence-electron chi connectivity index (χ0n) is 12.4. The Morgan fingerprint density at radius 3 is 2.90 bits per heavy atom. The van der Waals surface area contributed by atoms with Gasteiger partial charge in [0, 0.05) is 24.0 Å². The maximum Gasteiger partial charge on any atom is 0.241 e. The number of fused-ring (bicyclic) bond motifs is 1. The van der Waals surface area contributed by atoms with Gasteiger partial charge in [-0.15, -0.1) is 0 Å². The fraction of sp³-hybridized carbons (Fsp3) is 0.562. The smallest absolute Gasteiger partial charge is 0.241 e. The standard InChI is InChI=1S/C16H23N3O2/c1-11(16(20)18-13-7-5-12(17)6-8-13)19-9-10-21-15-4-2-3-14(15)19/h5-8,11,14-15H,2-4,9-10,17H2,1H3,(H,18,20). The van der Waals surface area contributed by atoms with E-state index in [9.17, 15) is 4.79 Å². The summed E-state index contributed by atoms with van der Waals surface area (Å²) in [6, 6.07) is 7.50. The number of benzene rings is 1. The van der Waals surface area contributed by atoms with E-state index >= 15 is 0 Å². The highest BCUT2D eigenvalue weighted by Crippen LogP contribution is 2.31. The minimum Gasteiger partial charge on any atom is -0.399 e. The molecule has 21 heavy (non-hydrogen) atoms. The van der Waals surface area contributed by atoms with E-state index in [1.807, 2.05) is 19.1 Å². The van der Waals surface area contributed by atoms with Crippen molar-refractivity contribution in [2.75, 3.05) is 24.2 Å². The van der Waals surface area contributed by atoms with E-state index in [1.54, 1.807) is 12.1 Å². The van der Waals surface area contributed by atoms with Gasteiger partial charge in [-0.3, -0.25) is 9.69 Å². The molecule has 0 spiro atoms. The lowest BCUT2D eigenvalue weighted by molar-refractivity contribution is -0.127. The van der Waals surface area contributed by atoms with Crippen LogP contribution in [0.25, 0.3) is 0 Å². The molecular weight excluding hydrogens is 266 g/mol. The summed E-state index contributed by atoms with van der Waals surface area (Å²) in [5, 5.41) is 2.97. The predicted octanol–water partition coefficient (Wildman–Crippen LogP) is 1.85. The highest BCUT2D eigenvalue weighted by atomic mass is 16.5. The number of morpholine rings is 1. The van der Waals surface area contributed by atoms with Crippen molar-refractivity contribution in [3.8, 4) is 0 Å². The van der Waals surface area contributed by atoms with Gasteiger partial charge in [0.1, 0.15) is 0 Å². The second kappa shape index (κ2) is 6.03. The summed E-state index contributed by atoms with van der Waals surface area (Å²) in [7, 11) is 0. The predicted molar refractivity (Wildman–Crippen MR) is 83.0 cm³/mol. The number of nitrogens with two attached hydrogens (primary N) is 1. The van der Waals surface area contributed by atoms with Crippen LogP contribution in [0.4, 0.5) is 11.4 Å².